The number of nitrogens with one attached hydrogen (secondary N) is 2. The molecule has 0 atom stereocenters. The van der Waals surface area contributed by atoms with Gasteiger partial charge in [-0.2, -0.15) is 5.10 Å². The summed E-state index contributed by atoms with van der Waals surface area (Å²) in [6.07, 6.45) is 5.80. The predicted molar refractivity (Wildman–Crippen MR) is 133 cm³/mol. The number of amides is 1. The van der Waals surface area contributed by atoms with Crippen molar-refractivity contribution in [3.63, 3.8) is 0 Å². The Morgan fingerprint density at radius 2 is 1.66 bits per heavy atom. The SMILES string of the molecule is CCCCCCCNNC(=O)c1nn(-c2ccc(Cl)cc2Cl)c(-c2ccc(Cl)cc2)c1C. The summed E-state index contributed by atoms with van der Waals surface area (Å²) in [5, 5.41) is 6.20. The Labute approximate surface area is 204 Å². The van der Waals surface area contributed by atoms with Crippen molar-refractivity contribution in [2.75, 3.05) is 6.54 Å². The van der Waals surface area contributed by atoms with Gasteiger partial charge in [-0.25, -0.2) is 10.1 Å². The number of rotatable bonds is 10. The summed E-state index contributed by atoms with van der Waals surface area (Å²) in [6.45, 7) is 4.77. The maximum Gasteiger partial charge on any atom is 0.286 e. The molecule has 3 aromatic rings. The van der Waals surface area contributed by atoms with Gasteiger partial charge in [0, 0.05) is 27.7 Å². The number of unbranched alkanes of at least 4 members (excludes halogenated alkanes) is 4. The van der Waals surface area contributed by atoms with Crippen LogP contribution < -0.4 is 10.9 Å². The zero-order chi connectivity index (χ0) is 23.1. The van der Waals surface area contributed by atoms with E-state index in [0.29, 0.717) is 33.0 Å². The van der Waals surface area contributed by atoms with Crippen LogP contribution in [0.25, 0.3) is 16.9 Å². The van der Waals surface area contributed by atoms with Gasteiger partial charge in [0.1, 0.15) is 0 Å². The highest BCUT2D eigenvalue weighted by Gasteiger charge is 2.23. The number of hydrazine groups is 1. The fourth-order valence-corrected chi connectivity index (χ4v) is 4.12. The van der Waals surface area contributed by atoms with Crippen molar-refractivity contribution in [2.45, 2.75) is 46.0 Å². The van der Waals surface area contributed by atoms with Crippen LogP contribution in [-0.4, -0.2) is 22.2 Å². The summed E-state index contributed by atoms with van der Waals surface area (Å²) < 4.78 is 1.68. The van der Waals surface area contributed by atoms with E-state index in [0.717, 1.165) is 29.7 Å². The first-order valence-electron chi connectivity index (χ1n) is 10.8. The zero-order valence-corrected chi connectivity index (χ0v) is 20.5. The molecule has 5 nitrogen and oxygen atoms in total. The molecule has 1 amide bonds. The van der Waals surface area contributed by atoms with E-state index >= 15 is 0 Å². The van der Waals surface area contributed by atoms with Gasteiger partial charge in [0.05, 0.1) is 16.4 Å². The summed E-state index contributed by atoms with van der Waals surface area (Å²) >= 11 is 18.6. The number of aromatic nitrogens is 2. The Balaban J connectivity index is 1.87. The summed E-state index contributed by atoms with van der Waals surface area (Å²) in [5.74, 6) is -0.296. The molecule has 0 aliphatic carbocycles. The maximum atomic E-state index is 12.9. The quantitative estimate of drug-likeness (QED) is 0.236. The molecule has 3 rings (SSSR count). The van der Waals surface area contributed by atoms with Crippen LogP contribution in [0.3, 0.4) is 0 Å². The number of hydrogen-bond acceptors (Lipinski definition) is 3. The third kappa shape index (κ3) is 6.04. The highest BCUT2D eigenvalue weighted by atomic mass is 35.5. The van der Waals surface area contributed by atoms with E-state index in [1.165, 1.54) is 19.3 Å². The van der Waals surface area contributed by atoms with Crippen molar-refractivity contribution in [3.8, 4) is 16.9 Å². The molecule has 170 valence electrons. The van der Waals surface area contributed by atoms with E-state index in [2.05, 4.69) is 22.9 Å². The number of carbonyl (C=O) groups excluding carboxylic acids is 1. The van der Waals surface area contributed by atoms with Crippen molar-refractivity contribution >= 4 is 40.7 Å². The molecule has 2 aromatic carbocycles. The van der Waals surface area contributed by atoms with Crippen molar-refractivity contribution < 1.29 is 4.79 Å². The van der Waals surface area contributed by atoms with Crippen LogP contribution in [0.4, 0.5) is 0 Å². The van der Waals surface area contributed by atoms with Gasteiger partial charge in [-0.3, -0.25) is 10.2 Å². The van der Waals surface area contributed by atoms with Gasteiger partial charge in [-0.15, -0.1) is 0 Å². The van der Waals surface area contributed by atoms with Crippen LogP contribution >= 0.6 is 34.8 Å². The van der Waals surface area contributed by atoms with E-state index in [1.807, 2.05) is 19.1 Å². The monoisotopic (exact) mass is 492 g/mol. The third-order valence-electron chi connectivity index (χ3n) is 5.20. The molecule has 32 heavy (non-hydrogen) atoms. The third-order valence-corrected chi connectivity index (χ3v) is 5.99. The van der Waals surface area contributed by atoms with E-state index in [-0.39, 0.29) is 5.91 Å². The maximum absolute atomic E-state index is 12.9. The second kappa shape index (κ2) is 11.7. The first kappa shape index (κ1) is 24.6. The van der Waals surface area contributed by atoms with E-state index in [4.69, 9.17) is 34.8 Å². The lowest BCUT2D eigenvalue weighted by molar-refractivity contribution is 0.0927. The minimum absolute atomic E-state index is 0.296. The molecule has 2 N–H and O–H groups in total. The van der Waals surface area contributed by atoms with Gasteiger partial charge in [0.25, 0.3) is 5.91 Å². The summed E-state index contributed by atoms with van der Waals surface area (Å²) in [4.78, 5) is 12.9. The van der Waals surface area contributed by atoms with Gasteiger partial charge in [-0.1, -0.05) is 79.5 Å². The van der Waals surface area contributed by atoms with Crippen molar-refractivity contribution in [1.29, 1.82) is 0 Å². The topological polar surface area (TPSA) is 58.9 Å². The number of halogens is 3. The lowest BCUT2D eigenvalue weighted by atomic mass is 10.1. The highest BCUT2D eigenvalue weighted by Crippen LogP contribution is 2.33. The Morgan fingerprint density at radius 1 is 0.969 bits per heavy atom. The Bertz CT molecular complexity index is 1060. The Kier molecular flexibility index (Phi) is 9.00. The second-order valence-electron chi connectivity index (χ2n) is 7.63. The van der Waals surface area contributed by atoms with Gasteiger partial charge >= 0.3 is 0 Å². The second-order valence-corrected chi connectivity index (χ2v) is 8.91. The van der Waals surface area contributed by atoms with Gasteiger partial charge in [0.15, 0.2) is 5.69 Å². The Hall–Kier alpha value is -2.05. The van der Waals surface area contributed by atoms with Crippen LogP contribution in [0.2, 0.25) is 15.1 Å². The minimum Gasteiger partial charge on any atom is -0.286 e. The molecule has 0 aliphatic heterocycles. The fourth-order valence-electron chi connectivity index (χ4n) is 3.50. The lowest BCUT2D eigenvalue weighted by Crippen LogP contribution is -2.38. The van der Waals surface area contributed by atoms with Crippen molar-refractivity contribution in [1.82, 2.24) is 20.6 Å². The molecule has 0 saturated carbocycles. The molecule has 0 saturated heterocycles. The minimum atomic E-state index is -0.296. The molecule has 0 bridgehead atoms. The van der Waals surface area contributed by atoms with E-state index < -0.39 is 0 Å². The number of carbonyl (C=O) groups is 1. The highest BCUT2D eigenvalue weighted by molar-refractivity contribution is 6.35. The molecule has 0 spiro atoms. The molecular weight excluding hydrogens is 467 g/mol. The molecule has 0 aliphatic rings. The van der Waals surface area contributed by atoms with Gasteiger partial charge in [-0.05, 0) is 43.7 Å². The summed E-state index contributed by atoms with van der Waals surface area (Å²) in [6, 6.07) is 12.6. The standard InChI is InChI=1S/C24H27Cl3N4O/c1-3-4-5-6-7-14-28-29-24(32)22-16(2)23(17-8-10-18(25)11-9-17)31(30-22)21-13-12-19(26)15-20(21)27/h8-13,15,28H,3-7,14H2,1-2H3,(H,29,32). The lowest BCUT2D eigenvalue weighted by Gasteiger charge is -2.11. The predicted octanol–water partition coefficient (Wildman–Crippen LogP) is 7.01. The number of nitrogens with zero attached hydrogens (tertiary/aromatic N) is 2. The van der Waals surface area contributed by atoms with Gasteiger partial charge in [0.2, 0.25) is 0 Å². The Morgan fingerprint density at radius 3 is 2.34 bits per heavy atom. The average Bonchev–Trinajstić information content (AvgIpc) is 3.10. The molecule has 1 aromatic heterocycles. The van der Waals surface area contributed by atoms with Gasteiger partial charge < -0.3 is 0 Å². The first-order chi connectivity index (χ1) is 15.4. The van der Waals surface area contributed by atoms with E-state index in [1.54, 1.807) is 35.0 Å². The first-order valence-corrected chi connectivity index (χ1v) is 11.9. The van der Waals surface area contributed by atoms with Crippen LogP contribution in [0, 0.1) is 6.92 Å². The number of hydrogen-bond donors (Lipinski definition) is 2. The molecule has 0 fully saturated rings. The molecule has 0 radical (unpaired) electrons. The van der Waals surface area contributed by atoms with Crippen LogP contribution in [0.1, 0.15) is 55.1 Å². The molecule has 0 unspecified atom stereocenters. The smallest absolute Gasteiger partial charge is 0.286 e. The normalized spacial score (nSPS) is 11.0. The summed E-state index contributed by atoms with van der Waals surface area (Å²) in [5.41, 5.74) is 9.10. The van der Waals surface area contributed by atoms with Crippen molar-refractivity contribution in [2.24, 2.45) is 0 Å². The average molecular weight is 494 g/mol. The van der Waals surface area contributed by atoms with Crippen LogP contribution in [0.15, 0.2) is 42.5 Å². The summed E-state index contributed by atoms with van der Waals surface area (Å²) in [7, 11) is 0. The molecule has 1 heterocycles. The largest absolute Gasteiger partial charge is 0.286 e. The number of benzene rings is 2. The molecule has 8 heteroatoms. The zero-order valence-electron chi connectivity index (χ0n) is 18.2. The van der Waals surface area contributed by atoms with Crippen LogP contribution in [0.5, 0.6) is 0 Å². The van der Waals surface area contributed by atoms with Crippen LogP contribution in [-0.2, 0) is 0 Å². The molecular formula is C24H27Cl3N4O. The fraction of sp³-hybridized carbons (Fsp3) is 0.333. The van der Waals surface area contributed by atoms with Crippen molar-refractivity contribution in [3.05, 3.63) is 68.8 Å². The van der Waals surface area contributed by atoms with E-state index in [9.17, 15) is 4.79 Å².